The normalized spacial score (nSPS) is 10.2. The second kappa shape index (κ2) is 11.6. The molecule has 3 aromatic rings. The van der Waals surface area contributed by atoms with Crippen LogP contribution in [0.3, 0.4) is 0 Å². The highest BCUT2D eigenvalue weighted by Crippen LogP contribution is 2.24. The van der Waals surface area contributed by atoms with E-state index < -0.39 is 16.7 Å². The Balaban J connectivity index is 1.67. The summed E-state index contributed by atoms with van der Waals surface area (Å²) in [7, 11) is 0. The minimum Gasteiger partial charge on any atom is -0.352 e. The first kappa shape index (κ1) is 22.9. The highest BCUT2D eigenvalue weighted by atomic mass is 32.1. The third-order valence-electron chi connectivity index (χ3n) is 4.67. The summed E-state index contributed by atoms with van der Waals surface area (Å²) in [4.78, 5) is 36.0. The Labute approximate surface area is 189 Å². The molecule has 0 bridgehead atoms. The molecule has 0 saturated heterocycles. The van der Waals surface area contributed by atoms with Crippen molar-refractivity contribution in [1.82, 2.24) is 10.6 Å². The van der Waals surface area contributed by atoms with Crippen LogP contribution in [0.25, 0.3) is 6.08 Å². The topological polar surface area (TPSA) is 101 Å². The number of carbonyl (C=O) groups is 2. The molecule has 2 N–H and O–H groups in total. The first-order chi connectivity index (χ1) is 15.5. The van der Waals surface area contributed by atoms with Crippen LogP contribution in [0, 0.1) is 10.1 Å². The Morgan fingerprint density at radius 1 is 0.875 bits per heavy atom. The molecule has 3 rings (SSSR count). The van der Waals surface area contributed by atoms with Gasteiger partial charge < -0.3 is 10.6 Å². The van der Waals surface area contributed by atoms with Crippen molar-refractivity contribution in [2.24, 2.45) is 0 Å². The van der Waals surface area contributed by atoms with Crippen LogP contribution in [0.4, 0.5) is 5.00 Å². The van der Waals surface area contributed by atoms with Gasteiger partial charge in [0.2, 0.25) is 0 Å². The smallest absolute Gasteiger partial charge is 0.324 e. The quantitative estimate of drug-likeness (QED) is 0.162. The van der Waals surface area contributed by atoms with Gasteiger partial charge in [0.25, 0.3) is 11.8 Å². The van der Waals surface area contributed by atoms with E-state index >= 15 is 0 Å². The van der Waals surface area contributed by atoms with Gasteiger partial charge in [0.15, 0.2) is 0 Å². The van der Waals surface area contributed by atoms with Crippen LogP contribution < -0.4 is 10.6 Å². The van der Waals surface area contributed by atoms with Crippen LogP contribution in [0.15, 0.2) is 77.7 Å². The van der Waals surface area contributed by atoms with Gasteiger partial charge in [0, 0.05) is 24.5 Å². The van der Waals surface area contributed by atoms with E-state index in [9.17, 15) is 19.7 Å². The first-order valence-electron chi connectivity index (χ1n) is 10.1. The van der Waals surface area contributed by atoms with Gasteiger partial charge in [-0.1, -0.05) is 72.0 Å². The highest BCUT2D eigenvalue weighted by Gasteiger charge is 2.19. The molecule has 32 heavy (non-hydrogen) atoms. The molecular formula is C24H23N3O4S. The van der Waals surface area contributed by atoms with Crippen LogP contribution in [0.2, 0.25) is 0 Å². The lowest BCUT2D eigenvalue weighted by molar-refractivity contribution is -0.380. The molecule has 2 amide bonds. The third kappa shape index (κ3) is 6.88. The van der Waals surface area contributed by atoms with E-state index in [0.29, 0.717) is 31.5 Å². The Bertz CT molecular complexity index is 1040. The van der Waals surface area contributed by atoms with Gasteiger partial charge in [-0.2, -0.15) is 0 Å². The SMILES string of the molecule is O=C(NCCc1ccccc1)C(=Cc1csc([N+](=O)[O-])c1)C(=O)NCCc1ccccc1. The average Bonchev–Trinajstić information content (AvgIpc) is 3.28. The van der Waals surface area contributed by atoms with E-state index in [-0.39, 0.29) is 10.6 Å². The number of hydrogen-bond acceptors (Lipinski definition) is 5. The minimum atomic E-state index is -0.521. The maximum atomic E-state index is 12.8. The summed E-state index contributed by atoms with van der Waals surface area (Å²) >= 11 is 0.946. The Morgan fingerprint density at radius 2 is 1.38 bits per heavy atom. The van der Waals surface area contributed by atoms with E-state index in [1.54, 1.807) is 5.38 Å². The zero-order valence-corrected chi connectivity index (χ0v) is 18.1. The number of nitrogens with zero attached hydrogens (tertiary/aromatic N) is 1. The van der Waals surface area contributed by atoms with E-state index in [1.165, 1.54) is 12.1 Å². The van der Waals surface area contributed by atoms with Crippen molar-refractivity contribution in [3.05, 3.63) is 104 Å². The van der Waals surface area contributed by atoms with E-state index in [0.717, 1.165) is 22.5 Å². The molecule has 0 fully saturated rings. The summed E-state index contributed by atoms with van der Waals surface area (Å²) in [5.74, 6) is -1.04. The molecule has 0 unspecified atom stereocenters. The third-order valence-corrected chi connectivity index (χ3v) is 5.57. The number of thiophene rings is 1. The summed E-state index contributed by atoms with van der Waals surface area (Å²) in [6.45, 7) is 0.725. The standard InChI is InChI=1S/C24H23N3O4S/c28-23(25-13-11-18-7-3-1-4-8-18)21(15-20-16-22(27(30)31)32-17-20)24(29)26-14-12-19-9-5-2-6-10-19/h1-10,15-17H,11-14H2,(H,25,28)(H,26,29). The predicted molar refractivity (Wildman–Crippen MR) is 125 cm³/mol. The van der Waals surface area contributed by atoms with E-state index in [2.05, 4.69) is 10.6 Å². The van der Waals surface area contributed by atoms with Crippen LogP contribution >= 0.6 is 11.3 Å². The van der Waals surface area contributed by atoms with Gasteiger partial charge in [-0.25, -0.2) is 0 Å². The van der Waals surface area contributed by atoms with Gasteiger partial charge in [-0.15, -0.1) is 0 Å². The van der Waals surface area contributed by atoms with Crippen LogP contribution in [-0.4, -0.2) is 29.8 Å². The number of nitrogens with one attached hydrogen (secondary N) is 2. The van der Waals surface area contributed by atoms with Crippen molar-refractivity contribution in [3.8, 4) is 0 Å². The van der Waals surface area contributed by atoms with Crippen LogP contribution in [0.1, 0.15) is 16.7 Å². The molecular weight excluding hydrogens is 426 g/mol. The predicted octanol–water partition coefficient (Wildman–Crippen LogP) is 3.76. The Hall–Kier alpha value is -3.78. The lowest BCUT2D eigenvalue weighted by atomic mass is 10.1. The number of amides is 2. The molecule has 164 valence electrons. The molecule has 0 spiro atoms. The lowest BCUT2D eigenvalue weighted by Gasteiger charge is -2.10. The lowest BCUT2D eigenvalue weighted by Crippen LogP contribution is -2.36. The Kier molecular flexibility index (Phi) is 8.28. The minimum absolute atomic E-state index is 0.0513. The monoisotopic (exact) mass is 449 g/mol. The molecule has 0 saturated carbocycles. The van der Waals surface area contributed by atoms with Crippen LogP contribution in [-0.2, 0) is 22.4 Å². The second-order valence-electron chi connectivity index (χ2n) is 7.02. The zero-order valence-electron chi connectivity index (χ0n) is 17.3. The van der Waals surface area contributed by atoms with Crippen molar-refractivity contribution >= 4 is 34.2 Å². The molecule has 8 heteroatoms. The zero-order chi connectivity index (χ0) is 22.8. The van der Waals surface area contributed by atoms with Crippen molar-refractivity contribution in [1.29, 1.82) is 0 Å². The summed E-state index contributed by atoms with van der Waals surface area (Å²) in [5, 5.41) is 18.0. The molecule has 0 aliphatic rings. The maximum Gasteiger partial charge on any atom is 0.324 e. The summed E-state index contributed by atoms with van der Waals surface area (Å²) < 4.78 is 0. The second-order valence-corrected chi connectivity index (χ2v) is 7.91. The van der Waals surface area contributed by atoms with Crippen molar-refractivity contribution in [3.63, 3.8) is 0 Å². The van der Waals surface area contributed by atoms with Crippen LogP contribution in [0.5, 0.6) is 0 Å². The summed E-state index contributed by atoms with van der Waals surface area (Å²) in [6, 6.07) is 20.7. The number of benzene rings is 2. The molecule has 1 heterocycles. The van der Waals surface area contributed by atoms with Crippen molar-refractivity contribution < 1.29 is 14.5 Å². The van der Waals surface area contributed by atoms with E-state index in [4.69, 9.17) is 0 Å². The molecule has 0 aliphatic heterocycles. The fourth-order valence-corrected chi connectivity index (χ4v) is 3.71. The number of hydrogen-bond donors (Lipinski definition) is 2. The molecule has 1 aromatic heterocycles. The maximum absolute atomic E-state index is 12.8. The van der Waals surface area contributed by atoms with Gasteiger partial charge in [0.05, 0.1) is 4.92 Å². The summed E-state index contributed by atoms with van der Waals surface area (Å²) in [6.07, 6.45) is 2.64. The number of carbonyl (C=O) groups excluding carboxylic acids is 2. The van der Waals surface area contributed by atoms with Gasteiger partial charge >= 0.3 is 5.00 Å². The fraction of sp³-hybridized carbons (Fsp3) is 0.167. The first-order valence-corrected chi connectivity index (χ1v) is 11.0. The number of rotatable bonds is 10. The molecule has 0 atom stereocenters. The van der Waals surface area contributed by atoms with Crippen molar-refractivity contribution in [2.45, 2.75) is 12.8 Å². The van der Waals surface area contributed by atoms with Gasteiger partial charge in [-0.05, 0) is 35.6 Å². The molecule has 0 radical (unpaired) electrons. The van der Waals surface area contributed by atoms with Gasteiger partial charge in [0.1, 0.15) is 5.57 Å². The Morgan fingerprint density at radius 3 is 1.81 bits per heavy atom. The fourth-order valence-electron chi connectivity index (χ4n) is 3.03. The number of nitro groups is 1. The van der Waals surface area contributed by atoms with Gasteiger partial charge in [-0.3, -0.25) is 19.7 Å². The largest absolute Gasteiger partial charge is 0.352 e. The van der Waals surface area contributed by atoms with E-state index in [1.807, 2.05) is 60.7 Å². The molecule has 2 aromatic carbocycles. The molecule has 7 nitrogen and oxygen atoms in total. The highest BCUT2D eigenvalue weighted by molar-refractivity contribution is 7.13. The molecule has 0 aliphatic carbocycles. The summed E-state index contributed by atoms with van der Waals surface area (Å²) in [5.41, 5.74) is 2.49. The van der Waals surface area contributed by atoms with Crippen molar-refractivity contribution in [2.75, 3.05) is 13.1 Å². The average molecular weight is 450 g/mol.